The van der Waals surface area contributed by atoms with Crippen LogP contribution < -0.4 is 4.74 Å². The molecule has 2 aromatic carbocycles. The lowest BCUT2D eigenvalue weighted by molar-refractivity contribution is 0.112. The van der Waals surface area contributed by atoms with Gasteiger partial charge in [-0.05, 0) is 42.7 Å². The first-order valence-corrected chi connectivity index (χ1v) is 6.52. The van der Waals surface area contributed by atoms with Crippen LogP contribution in [0.1, 0.15) is 34.0 Å². The predicted molar refractivity (Wildman–Crippen MR) is 83.1 cm³/mol. The molecule has 0 unspecified atom stereocenters. The molecular formula is C18H18O2. The third kappa shape index (κ3) is 3.15. The molecule has 0 radical (unpaired) electrons. The van der Waals surface area contributed by atoms with Gasteiger partial charge in [0.25, 0.3) is 0 Å². The van der Waals surface area contributed by atoms with Crippen LogP contribution in [0.4, 0.5) is 0 Å². The van der Waals surface area contributed by atoms with E-state index in [9.17, 15) is 4.79 Å². The molecule has 2 rings (SSSR count). The molecule has 0 atom stereocenters. The van der Waals surface area contributed by atoms with E-state index in [1.165, 1.54) is 5.56 Å². The molecule has 0 amide bonds. The Hall–Kier alpha value is -2.35. The Morgan fingerprint density at radius 1 is 1.05 bits per heavy atom. The van der Waals surface area contributed by atoms with Gasteiger partial charge in [-0.3, -0.25) is 4.79 Å². The van der Waals surface area contributed by atoms with Gasteiger partial charge in [0.1, 0.15) is 5.75 Å². The normalized spacial score (nSPS) is 11.2. The van der Waals surface area contributed by atoms with Crippen LogP contribution in [-0.2, 0) is 0 Å². The molecule has 2 heteroatoms. The Morgan fingerprint density at radius 3 is 2.35 bits per heavy atom. The summed E-state index contributed by atoms with van der Waals surface area (Å²) < 4.78 is 5.13. The summed E-state index contributed by atoms with van der Waals surface area (Å²) in [4.78, 5) is 11.2. The Bertz CT molecular complexity index is 637. The van der Waals surface area contributed by atoms with Crippen LogP contribution in [0, 0.1) is 6.92 Å². The monoisotopic (exact) mass is 266 g/mol. The van der Waals surface area contributed by atoms with Crippen LogP contribution in [0.15, 0.2) is 42.5 Å². The number of ether oxygens (including phenoxy) is 1. The fraction of sp³-hybridized carbons (Fsp3) is 0.167. The molecule has 2 nitrogen and oxygen atoms in total. The number of hydrogen-bond acceptors (Lipinski definition) is 2. The summed E-state index contributed by atoms with van der Waals surface area (Å²) in [7, 11) is 1.59. The summed E-state index contributed by atoms with van der Waals surface area (Å²) in [5, 5.41) is 0. The van der Waals surface area contributed by atoms with Crippen molar-refractivity contribution in [3.63, 3.8) is 0 Å². The van der Waals surface area contributed by atoms with E-state index in [0.29, 0.717) is 11.3 Å². The number of aryl methyl sites for hydroxylation is 1. The summed E-state index contributed by atoms with van der Waals surface area (Å²) in [5.41, 5.74) is 5.05. The molecule has 102 valence electrons. The summed E-state index contributed by atoms with van der Waals surface area (Å²) in [6, 6.07) is 13.9. The number of aldehydes is 1. The minimum absolute atomic E-state index is 0.635. The molecule has 0 aliphatic heterocycles. The number of carbonyl (C=O) groups is 1. The highest BCUT2D eigenvalue weighted by molar-refractivity contribution is 5.89. The summed E-state index contributed by atoms with van der Waals surface area (Å²) in [6.45, 7) is 4.11. The zero-order valence-electron chi connectivity index (χ0n) is 12.0. The zero-order valence-corrected chi connectivity index (χ0v) is 12.0. The van der Waals surface area contributed by atoms with Gasteiger partial charge in [0.05, 0.1) is 7.11 Å². The molecule has 0 aliphatic rings. The van der Waals surface area contributed by atoms with Crippen molar-refractivity contribution in [2.75, 3.05) is 7.11 Å². The van der Waals surface area contributed by atoms with Gasteiger partial charge >= 0.3 is 0 Å². The fourth-order valence-electron chi connectivity index (χ4n) is 2.05. The van der Waals surface area contributed by atoms with Gasteiger partial charge in [0.2, 0.25) is 0 Å². The Balaban J connectivity index is 2.38. The molecule has 0 aliphatic carbocycles. The van der Waals surface area contributed by atoms with Crippen LogP contribution in [0.2, 0.25) is 0 Å². The van der Waals surface area contributed by atoms with Gasteiger partial charge in [-0.1, -0.05) is 42.0 Å². The lowest BCUT2D eigenvalue weighted by atomic mass is 10.0. The molecule has 0 N–H and O–H groups in total. The van der Waals surface area contributed by atoms with Crippen LogP contribution in [0.5, 0.6) is 5.75 Å². The molecule has 0 fully saturated rings. The van der Waals surface area contributed by atoms with E-state index in [1.807, 2.05) is 25.1 Å². The highest BCUT2D eigenvalue weighted by Gasteiger charge is 2.03. The minimum atomic E-state index is 0.635. The molecule has 20 heavy (non-hydrogen) atoms. The highest BCUT2D eigenvalue weighted by atomic mass is 16.5. The maximum Gasteiger partial charge on any atom is 0.150 e. The number of carbonyl (C=O) groups excluding carboxylic acids is 1. The van der Waals surface area contributed by atoms with E-state index in [-0.39, 0.29) is 0 Å². The second-order valence-electron chi connectivity index (χ2n) is 4.81. The largest absolute Gasteiger partial charge is 0.497 e. The van der Waals surface area contributed by atoms with E-state index in [2.05, 4.69) is 31.2 Å². The number of methoxy groups -OCH3 is 1. The Labute approximate surface area is 119 Å². The molecule has 0 spiro atoms. The average molecular weight is 266 g/mol. The average Bonchev–Trinajstić information content (AvgIpc) is 2.48. The molecule has 0 aromatic heterocycles. The topological polar surface area (TPSA) is 26.3 Å². The van der Waals surface area contributed by atoms with Crippen molar-refractivity contribution in [1.29, 1.82) is 0 Å². The van der Waals surface area contributed by atoms with Gasteiger partial charge in [0, 0.05) is 5.56 Å². The van der Waals surface area contributed by atoms with Crippen molar-refractivity contribution in [3.05, 3.63) is 64.7 Å². The zero-order chi connectivity index (χ0) is 14.5. The van der Waals surface area contributed by atoms with Gasteiger partial charge in [-0.2, -0.15) is 0 Å². The van der Waals surface area contributed by atoms with E-state index in [4.69, 9.17) is 4.74 Å². The van der Waals surface area contributed by atoms with E-state index in [0.717, 1.165) is 23.0 Å². The SMILES string of the molecule is COc1ccc(/C=C(\C)c2ccc(C)cc2)c(C=O)c1. The predicted octanol–water partition coefficient (Wildman–Crippen LogP) is 4.38. The minimum Gasteiger partial charge on any atom is -0.497 e. The van der Waals surface area contributed by atoms with Crippen molar-refractivity contribution >= 4 is 17.9 Å². The molecular weight excluding hydrogens is 248 g/mol. The number of rotatable bonds is 4. The molecule has 2 aromatic rings. The summed E-state index contributed by atoms with van der Waals surface area (Å²) >= 11 is 0. The lowest BCUT2D eigenvalue weighted by Gasteiger charge is -2.06. The Morgan fingerprint density at radius 2 is 1.75 bits per heavy atom. The second kappa shape index (κ2) is 6.20. The van der Waals surface area contributed by atoms with Crippen molar-refractivity contribution in [2.45, 2.75) is 13.8 Å². The van der Waals surface area contributed by atoms with Crippen molar-refractivity contribution in [1.82, 2.24) is 0 Å². The standard InChI is InChI=1S/C18H18O2/c1-13-4-6-15(7-5-13)14(2)10-16-8-9-18(20-3)11-17(16)12-19/h4-12H,1-3H3/b14-10+. The first-order chi connectivity index (χ1) is 9.63. The summed E-state index contributed by atoms with van der Waals surface area (Å²) in [6.07, 6.45) is 2.88. The van der Waals surface area contributed by atoms with Crippen LogP contribution in [0.25, 0.3) is 11.6 Å². The maximum atomic E-state index is 11.2. The number of benzene rings is 2. The van der Waals surface area contributed by atoms with Crippen LogP contribution in [0.3, 0.4) is 0 Å². The summed E-state index contributed by atoms with van der Waals surface area (Å²) in [5.74, 6) is 0.692. The van der Waals surface area contributed by atoms with E-state index in [1.54, 1.807) is 13.2 Å². The first kappa shape index (κ1) is 14.1. The van der Waals surface area contributed by atoms with Crippen molar-refractivity contribution in [2.24, 2.45) is 0 Å². The van der Waals surface area contributed by atoms with Gasteiger partial charge < -0.3 is 4.74 Å². The third-order valence-electron chi connectivity index (χ3n) is 3.30. The van der Waals surface area contributed by atoms with Crippen molar-refractivity contribution < 1.29 is 9.53 Å². The smallest absolute Gasteiger partial charge is 0.150 e. The van der Waals surface area contributed by atoms with Crippen LogP contribution in [-0.4, -0.2) is 13.4 Å². The molecule has 0 bridgehead atoms. The maximum absolute atomic E-state index is 11.2. The van der Waals surface area contributed by atoms with Crippen LogP contribution >= 0.6 is 0 Å². The first-order valence-electron chi connectivity index (χ1n) is 6.52. The molecule has 0 heterocycles. The Kier molecular flexibility index (Phi) is 4.36. The second-order valence-corrected chi connectivity index (χ2v) is 4.81. The van der Waals surface area contributed by atoms with Gasteiger partial charge in [-0.15, -0.1) is 0 Å². The van der Waals surface area contributed by atoms with E-state index < -0.39 is 0 Å². The van der Waals surface area contributed by atoms with E-state index >= 15 is 0 Å². The van der Waals surface area contributed by atoms with Crippen molar-refractivity contribution in [3.8, 4) is 5.75 Å². The number of allylic oxidation sites excluding steroid dienone is 1. The quantitative estimate of drug-likeness (QED) is 0.606. The number of hydrogen-bond donors (Lipinski definition) is 0. The van der Waals surface area contributed by atoms with Gasteiger partial charge in [0.15, 0.2) is 6.29 Å². The third-order valence-corrected chi connectivity index (χ3v) is 3.30. The lowest BCUT2D eigenvalue weighted by Crippen LogP contribution is -1.90. The highest BCUT2D eigenvalue weighted by Crippen LogP contribution is 2.22. The van der Waals surface area contributed by atoms with Gasteiger partial charge in [-0.25, -0.2) is 0 Å². The molecule has 0 saturated heterocycles. The molecule has 0 saturated carbocycles. The fourth-order valence-corrected chi connectivity index (χ4v) is 2.05.